The molecule has 6 nitrogen and oxygen atoms in total. The number of thioether (sulfide) groups is 1. The summed E-state index contributed by atoms with van der Waals surface area (Å²) in [4.78, 5) is 16.8. The molecule has 0 atom stereocenters. The van der Waals surface area contributed by atoms with Crippen LogP contribution in [0.25, 0.3) is 0 Å². The fraction of sp³-hybridized carbons (Fsp3) is 0.286. The lowest BCUT2D eigenvalue weighted by molar-refractivity contribution is -0.116. The average Bonchev–Trinajstić information content (AvgIpc) is 3.42. The zero-order valence-corrected chi connectivity index (χ0v) is 16.5. The van der Waals surface area contributed by atoms with E-state index in [0.717, 1.165) is 48.5 Å². The molecule has 2 aliphatic rings. The van der Waals surface area contributed by atoms with E-state index < -0.39 is 0 Å². The highest BCUT2D eigenvalue weighted by molar-refractivity contribution is 7.99. The van der Waals surface area contributed by atoms with Crippen LogP contribution in [0, 0.1) is 6.92 Å². The van der Waals surface area contributed by atoms with Crippen molar-refractivity contribution in [1.82, 2.24) is 14.8 Å². The third-order valence-electron chi connectivity index (χ3n) is 5.34. The van der Waals surface area contributed by atoms with E-state index in [-0.39, 0.29) is 5.91 Å². The molecule has 0 radical (unpaired) electrons. The van der Waals surface area contributed by atoms with Crippen molar-refractivity contribution in [3.63, 3.8) is 0 Å². The number of nitrogens with zero attached hydrogens (tertiary/aromatic N) is 5. The summed E-state index contributed by atoms with van der Waals surface area (Å²) in [7, 11) is 0. The van der Waals surface area contributed by atoms with Gasteiger partial charge in [0.25, 0.3) is 0 Å². The summed E-state index contributed by atoms with van der Waals surface area (Å²) >= 11 is 1.47. The third-order valence-corrected chi connectivity index (χ3v) is 6.30. The molecule has 2 aliphatic heterocycles. The van der Waals surface area contributed by atoms with Gasteiger partial charge in [-0.25, -0.2) is 0 Å². The molecule has 3 heterocycles. The first-order valence-corrected chi connectivity index (χ1v) is 10.5. The number of hydrogen-bond donors (Lipinski definition) is 0. The van der Waals surface area contributed by atoms with E-state index in [9.17, 15) is 4.79 Å². The Kier molecular flexibility index (Phi) is 4.31. The second kappa shape index (κ2) is 6.98. The molecule has 0 N–H and O–H groups in total. The van der Waals surface area contributed by atoms with Gasteiger partial charge in [0, 0.05) is 31.0 Å². The van der Waals surface area contributed by atoms with Gasteiger partial charge in [0.2, 0.25) is 11.9 Å². The number of anilines is 3. The van der Waals surface area contributed by atoms with Crippen LogP contribution in [0.1, 0.15) is 11.1 Å². The molecule has 0 fully saturated rings. The number of carbonyl (C=O) groups is 1. The van der Waals surface area contributed by atoms with Gasteiger partial charge in [-0.1, -0.05) is 47.7 Å². The van der Waals surface area contributed by atoms with Crippen LogP contribution in [-0.2, 0) is 17.8 Å². The van der Waals surface area contributed by atoms with E-state index in [1.807, 2.05) is 23.1 Å². The van der Waals surface area contributed by atoms with Crippen LogP contribution in [0.15, 0.2) is 53.7 Å². The Balaban J connectivity index is 1.29. The molecule has 1 aromatic heterocycles. The molecular weight excluding hydrogens is 370 g/mol. The smallest absolute Gasteiger partial charge is 0.237 e. The minimum Gasteiger partial charge on any atom is -0.311 e. The summed E-state index contributed by atoms with van der Waals surface area (Å²) in [6.45, 7) is 4.55. The van der Waals surface area contributed by atoms with Crippen LogP contribution < -0.4 is 9.80 Å². The van der Waals surface area contributed by atoms with Gasteiger partial charge < -0.3 is 9.80 Å². The second-order valence-corrected chi connectivity index (χ2v) is 8.08. The number of rotatable bonds is 4. The number of benzene rings is 2. The lowest BCUT2D eigenvalue weighted by Gasteiger charge is -2.16. The Hall–Kier alpha value is -2.80. The number of para-hydroxylation sites is 1. The number of carbonyl (C=O) groups excluding carboxylic acids is 1. The fourth-order valence-corrected chi connectivity index (χ4v) is 4.69. The summed E-state index contributed by atoms with van der Waals surface area (Å²) < 4.78 is 2.11. The minimum absolute atomic E-state index is 0.126. The second-order valence-electron chi connectivity index (χ2n) is 7.13. The molecular formula is C21H21N5OS. The quantitative estimate of drug-likeness (QED) is 0.638. The van der Waals surface area contributed by atoms with Crippen LogP contribution in [0.2, 0.25) is 0 Å². The molecule has 0 spiro atoms. The molecule has 1 amide bonds. The predicted octanol–water partition coefficient (Wildman–Crippen LogP) is 3.42. The highest BCUT2D eigenvalue weighted by atomic mass is 32.2. The van der Waals surface area contributed by atoms with Crippen molar-refractivity contribution in [3.8, 4) is 0 Å². The molecule has 0 aliphatic carbocycles. The molecule has 142 valence electrons. The van der Waals surface area contributed by atoms with Crippen molar-refractivity contribution >= 4 is 35.0 Å². The van der Waals surface area contributed by atoms with Crippen LogP contribution in [-0.4, -0.2) is 39.5 Å². The maximum Gasteiger partial charge on any atom is 0.237 e. The summed E-state index contributed by atoms with van der Waals surface area (Å²) in [5.74, 6) is 1.35. The first kappa shape index (κ1) is 17.3. The molecule has 7 heteroatoms. The monoisotopic (exact) mass is 391 g/mol. The van der Waals surface area contributed by atoms with E-state index >= 15 is 0 Å². The van der Waals surface area contributed by atoms with Crippen LogP contribution >= 0.6 is 11.8 Å². The summed E-state index contributed by atoms with van der Waals surface area (Å²) in [5.41, 5.74) is 4.66. The van der Waals surface area contributed by atoms with Gasteiger partial charge in [0.05, 0.1) is 5.75 Å². The first-order chi connectivity index (χ1) is 13.7. The van der Waals surface area contributed by atoms with Gasteiger partial charge in [-0.3, -0.25) is 9.36 Å². The number of aromatic nitrogens is 3. The summed E-state index contributed by atoms with van der Waals surface area (Å²) in [6.07, 6.45) is 0.929. The van der Waals surface area contributed by atoms with E-state index in [1.54, 1.807) is 0 Å². The molecule has 0 bridgehead atoms. The summed E-state index contributed by atoms with van der Waals surface area (Å²) in [5, 5.41) is 9.53. The van der Waals surface area contributed by atoms with E-state index in [2.05, 4.69) is 56.9 Å². The first-order valence-electron chi connectivity index (χ1n) is 9.49. The van der Waals surface area contributed by atoms with Crippen molar-refractivity contribution in [3.05, 3.63) is 59.7 Å². The Morgan fingerprint density at radius 3 is 2.71 bits per heavy atom. The van der Waals surface area contributed by atoms with Gasteiger partial charge in [-0.05, 0) is 37.1 Å². The highest BCUT2D eigenvalue weighted by Crippen LogP contribution is 2.33. The zero-order chi connectivity index (χ0) is 19.1. The molecule has 0 saturated heterocycles. The number of hydrogen-bond acceptors (Lipinski definition) is 5. The third kappa shape index (κ3) is 2.96. The highest BCUT2D eigenvalue weighted by Gasteiger charge is 2.28. The van der Waals surface area contributed by atoms with Crippen LogP contribution in [0.5, 0.6) is 0 Å². The zero-order valence-electron chi connectivity index (χ0n) is 15.7. The molecule has 5 rings (SSSR count). The summed E-state index contributed by atoms with van der Waals surface area (Å²) in [6, 6.07) is 16.6. The SMILES string of the molecule is Cc1ccc(N2CCn3c(SCC(=O)N4CCc5ccccc54)nnc32)cc1. The average molecular weight is 392 g/mol. The lowest BCUT2D eigenvalue weighted by Crippen LogP contribution is -2.30. The lowest BCUT2D eigenvalue weighted by atomic mass is 10.2. The van der Waals surface area contributed by atoms with Crippen LogP contribution in [0.4, 0.5) is 17.3 Å². The van der Waals surface area contributed by atoms with Gasteiger partial charge >= 0.3 is 0 Å². The molecule has 0 saturated carbocycles. The topological polar surface area (TPSA) is 54.3 Å². The van der Waals surface area contributed by atoms with Crippen molar-refractivity contribution in [2.45, 2.75) is 25.0 Å². The van der Waals surface area contributed by atoms with Crippen molar-refractivity contribution in [2.24, 2.45) is 0 Å². The largest absolute Gasteiger partial charge is 0.311 e. The minimum atomic E-state index is 0.126. The standard InChI is InChI=1S/C21H21N5OS/c1-15-6-8-17(9-7-15)24-12-13-26-20(24)22-23-21(26)28-14-19(27)25-11-10-16-4-2-3-5-18(16)25/h2-9H,10-14H2,1H3. The Morgan fingerprint density at radius 1 is 1.04 bits per heavy atom. The predicted molar refractivity (Wildman–Crippen MR) is 111 cm³/mol. The Morgan fingerprint density at radius 2 is 1.86 bits per heavy atom. The van der Waals surface area contributed by atoms with E-state index in [4.69, 9.17) is 0 Å². The van der Waals surface area contributed by atoms with Gasteiger partial charge in [-0.15, -0.1) is 10.2 Å². The van der Waals surface area contributed by atoms with E-state index in [0.29, 0.717) is 5.75 Å². The molecule has 28 heavy (non-hydrogen) atoms. The number of aryl methyl sites for hydroxylation is 1. The normalized spacial score (nSPS) is 15.0. The Bertz CT molecular complexity index is 1030. The van der Waals surface area contributed by atoms with Crippen molar-refractivity contribution < 1.29 is 4.79 Å². The maximum absolute atomic E-state index is 12.8. The molecule has 2 aromatic carbocycles. The van der Waals surface area contributed by atoms with E-state index in [1.165, 1.54) is 22.9 Å². The van der Waals surface area contributed by atoms with Crippen molar-refractivity contribution in [1.29, 1.82) is 0 Å². The van der Waals surface area contributed by atoms with Gasteiger partial charge in [0.1, 0.15) is 0 Å². The molecule has 3 aromatic rings. The number of fused-ring (bicyclic) bond motifs is 2. The number of amides is 1. The fourth-order valence-electron chi connectivity index (χ4n) is 3.85. The van der Waals surface area contributed by atoms with Gasteiger partial charge in [-0.2, -0.15) is 0 Å². The molecule has 0 unspecified atom stereocenters. The maximum atomic E-state index is 12.8. The van der Waals surface area contributed by atoms with Crippen LogP contribution in [0.3, 0.4) is 0 Å². The Labute approximate surface area is 168 Å². The van der Waals surface area contributed by atoms with Crippen molar-refractivity contribution in [2.75, 3.05) is 28.6 Å². The van der Waals surface area contributed by atoms with Gasteiger partial charge in [0.15, 0.2) is 5.16 Å².